The Morgan fingerprint density at radius 1 is 1.27 bits per heavy atom. The maximum absolute atomic E-state index is 13.1. The van der Waals surface area contributed by atoms with E-state index in [1.807, 2.05) is 30.0 Å². The number of rotatable bonds is 1. The molecule has 3 fully saturated rings. The normalized spacial score (nSPS) is 35.5. The lowest BCUT2D eigenvalue weighted by molar-refractivity contribution is -0.134. The number of ether oxygens (including phenoxy) is 2. The van der Waals surface area contributed by atoms with Crippen LogP contribution >= 0.6 is 0 Å². The van der Waals surface area contributed by atoms with Crippen LogP contribution in [0.3, 0.4) is 0 Å². The average molecular weight is 355 g/mol. The molecule has 0 radical (unpaired) electrons. The van der Waals surface area contributed by atoms with E-state index in [0.717, 1.165) is 38.0 Å². The SMILES string of the molecule is Cc1ccc2c(c1)C(=O)C[C@]1(CC[C@@H]3[C@@H](C(=O)N4CCCOCC4)[C@@H]31)O2. The number of carbonyl (C=O) groups excluding carboxylic acids is 2. The molecule has 0 bridgehead atoms. The largest absolute Gasteiger partial charge is 0.486 e. The van der Waals surface area contributed by atoms with Gasteiger partial charge in [-0.15, -0.1) is 0 Å². The maximum atomic E-state index is 13.1. The van der Waals surface area contributed by atoms with Crippen LogP contribution in [-0.4, -0.2) is 48.5 Å². The van der Waals surface area contributed by atoms with Crippen molar-refractivity contribution in [2.24, 2.45) is 17.8 Å². The number of hydrogen-bond donors (Lipinski definition) is 0. The number of ketones is 1. The molecule has 2 aliphatic carbocycles. The molecule has 26 heavy (non-hydrogen) atoms. The van der Waals surface area contributed by atoms with E-state index in [1.165, 1.54) is 0 Å². The van der Waals surface area contributed by atoms with Crippen molar-refractivity contribution in [3.05, 3.63) is 29.3 Å². The third kappa shape index (κ3) is 2.40. The molecule has 0 N–H and O–H groups in total. The van der Waals surface area contributed by atoms with E-state index in [2.05, 4.69) is 0 Å². The minimum absolute atomic E-state index is 0.0293. The first-order valence-corrected chi connectivity index (χ1v) is 9.78. The Hall–Kier alpha value is -1.88. The number of aryl methyl sites for hydroxylation is 1. The van der Waals surface area contributed by atoms with Crippen LogP contribution in [0.4, 0.5) is 0 Å². The van der Waals surface area contributed by atoms with Crippen molar-refractivity contribution in [2.45, 2.75) is 38.2 Å². The Morgan fingerprint density at radius 3 is 3.04 bits per heavy atom. The van der Waals surface area contributed by atoms with Gasteiger partial charge in [-0.3, -0.25) is 9.59 Å². The molecule has 4 aliphatic rings. The molecule has 1 spiro atoms. The van der Waals surface area contributed by atoms with Crippen molar-refractivity contribution >= 4 is 11.7 Å². The van der Waals surface area contributed by atoms with Crippen molar-refractivity contribution in [3.63, 3.8) is 0 Å². The number of carbonyl (C=O) groups is 2. The van der Waals surface area contributed by atoms with Gasteiger partial charge in [0.25, 0.3) is 0 Å². The van der Waals surface area contributed by atoms with Crippen LogP contribution in [0.25, 0.3) is 0 Å². The molecule has 4 atom stereocenters. The fourth-order valence-corrected chi connectivity index (χ4v) is 5.44. The van der Waals surface area contributed by atoms with Gasteiger partial charge in [0.05, 0.1) is 18.6 Å². The van der Waals surface area contributed by atoms with Gasteiger partial charge < -0.3 is 14.4 Å². The molecule has 0 aromatic heterocycles. The molecular formula is C21H25NO4. The van der Waals surface area contributed by atoms with E-state index >= 15 is 0 Å². The summed E-state index contributed by atoms with van der Waals surface area (Å²) in [6.07, 6.45) is 3.19. The van der Waals surface area contributed by atoms with Crippen molar-refractivity contribution < 1.29 is 19.1 Å². The van der Waals surface area contributed by atoms with Gasteiger partial charge in [0.15, 0.2) is 5.78 Å². The van der Waals surface area contributed by atoms with Crippen molar-refractivity contribution in [1.82, 2.24) is 4.90 Å². The highest BCUT2D eigenvalue weighted by Gasteiger charge is 2.71. The second-order valence-corrected chi connectivity index (χ2v) is 8.31. The molecular weight excluding hydrogens is 330 g/mol. The van der Waals surface area contributed by atoms with Crippen molar-refractivity contribution in [1.29, 1.82) is 0 Å². The highest BCUT2D eigenvalue weighted by Crippen LogP contribution is 2.66. The number of fused-ring (bicyclic) bond motifs is 3. The topological polar surface area (TPSA) is 55.8 Å². The first kappa shape index (κ1) is 16.3. The van der Waals surface area contributed by atoms with E-state index < -0.39 is 5.60 Å². The lowest BCUT2D eigenvalue weighted by Gasteiger charge is -2.37. The number of amides is 1. The van der Waals surface area contributed by atoms with Gasteiger partial charge in [-0.2, -0.15) is 0 Å². The molecule has 1 aromatic carbocycles. The van der Waals surface area contributed by atoms with E-state index in [1.54, 1.807) is 0 Å². The first-order chi connectivity index (χ1) is 12.6. The molecule has 0 unspecified atom stereocenters. The Balaban J connectivity index is 1.38. The molecule has 5 rings (SSSR count). The van der Waals surface area contributed by atoms with Gasteiger partial charge in [0.1, 0.15) is 11.4 Å². The fraction of sp³-hybridized carbons (Fsp3) is 0.619. The van der Waals surface area contributed by atoms with Crippen LogP contribution in [0, 0.1) is 24.7 Å². The third-order valence-electron chi connectivity index (χ3n) is 6.70. The van der Waals surface area contributed by atoms with E-state index in [-0.39, 0.29) is 23.5 Å². The van der Waals surface area contributed by atoms with E-state index in [4.69, 9.17) is 9.47 Å². The molecule has 2 heterocycles. The molecule has 5 nitrogen and oxygen atoms in total. The first-order valence-electron chi connectivity index (χ1n) is 9.78. The monoisotopic (exact) mass is 355 g/mol. The Labute approximate surface area is 153 Å². The smallest absolute Gasteiger partial charge is 0.226 e. The van der Waals surface area contributed by atoms with Crippen molar-refractivity contribution in [2.75, 3.05) is 26.3 Å². The lowest BCUT2D eigenvalue weighted by Crippen LogP contribution is -2.45. The average Bonchev–Trinajstić information content (AvgIpc) is 3.34. The Bertz CT molecular complexity index is 767. The summed E-state index contributed by atoms with van der Waals surface area (Å²) in [5.41, 5.74) is 1.31. The molecule has 5 heteroatoms. The minimum atomic E-state index is -0.466. The maximum Gasteiger partial charge on any atom is 0.226 e. The van der Waals surface area contributed by atoms with Crippen LogP contribution in [0.2, 0.25) is 0 Å². The summed E-state index contributed by atoms with van der Waals surface area (Å²) in [4.78, 5) is 27.8. The quantitative estimate of drug-likeness (QED) is 0.777. The van der Waals surface area contributed by atoms with Crippen LogP contribution in [-0.2, 0) is 9.53 Å². The van der Waals surface area contributed by atoms with Gasteiger partial charge in [-0.1, -0.05) is 11.6 Å². The Kier molecular flexibility index (Phi) is 3.64. The van der Waals surface area contributed by atoms with E-state index in [9.17, 15) is 9.59 Å². The lowest BCUT2D eigenvalue weighted by atomic mass is 9.84. The van der Waals surface area contributed by atoms with Gasteiger partial charge >= 0.3 is 0 Å². The third-order valence-corrected chi connectivity index (χ3v) is 6.70. The molecule has 2 saturated carbocycles. The van der Waals surface area contributed by atoms with Crippen LogP contribution in [0.15, 0.2) is 18.2 Å². The van der Waals surface area contributed by atoms with E-state index in [0.29, 0.717) is 36.8 Å². The summed E-state index contributed by atoms with van der Waals surface area (Å²) in [7, 11) is 0. The zero-order chi connectivity index (χ0) is 17.9. The van der Waals surface area contributed by atoms with Crippen LogP contribution in [0.5, 0.6) is 5.75 Å². The Morgan fingerprint density at radius 2 is 2.15 bits per heavy atom. The zero-order valence-corrected chi connectivity index (χ0v) is 15.2. The van der Waals surface area contributed by atoms with Gasteiger partial charge in [0, 0.05) is 31.5 Å². The van der Waals surface area contributed by atoms with Gasteiger partial charge in [0.2, 0.25) is 5.91 Å². The standard InChI is InChI=1S/C21H25NO4/c1-13-3-4-17-15(11-13)16(23)12-21(26-17)6-5-14-18(19(14)21)20(24)22-7-2-9-25-10-8-22/h3-4,11,14,18-19H,2,5-10,12H2,1H3/t14-,18-,19-,21+/m1/s1. The summed E-state index contributed by atoms with van der Waals surface area (Å²) < 4.78 is 11.9. The second-order valence-electron chi connectivity index (χ2n) is 8.31. The summed E-state index contributed by atoms with van der Waals surface area (Å²) >= 11 is 0. The summed E-state index contributed by atoms with van der Waals surface area (Å²) in [6.45, 7) is 4.82. The fourth-order valence-electron chi connectivity index (χ4n) is 5.44. The predicted molar refractivity (Wildman–Crippen MR) is 95.2 cm³/mol. The van der Waals surface area contributed by atoms with Gasteiger partial charge in [-0.05, 0) is 44.2 Å². The molecule has 1 aromatic rings. The summed E-state index contributed by atoms with van der Waals surface area (Å²) in [6, 6.07) is 5.83. The summed E-state index contributed by atoms with van der Waals surface area (Å²) in [5.74, 6) is 1.71. The highest BCUT2D eigenvalue weighted by atomic mass is 16.5. The number of nitrogens with zero attached hydrogens (tertiary/aromatic N) is 1. The minimum Gasteiger partial charge on any atom is -0.486 e. The predicted octanol–water partition coefficient (Wildman–Crippen LogP) is 2.60. The molecule has 2 aliphatic heterocycles. The zero-order valence-electron chi connectivity index (χ0n) is 15.2. The second kappa shape index (κ2) is 5.81. The van der Waals surface area contributed by atoms with Crippen LogP contribution in [0.1, 0.15) is 41.6 Å². The molecule has 1 amide bonds. The number of hydrogen-bond acceptors (Lipinski definition) is 4. The number of Topliss-reactive ketones (excluding diaryl/α,β-unsaturated/α-hetero) is 1. The summed E-state index contributed by atoms with van der Waals surface area (Å²) in [5, 5.41) is 0. The van der Waals surface area contributed by atoms with Crippen LogP contribution < -0.4 is 4.74 Å². The molecule has 1 saturated heterocycles. The molecule has 138 valence electrons. The highest BCUT2D eigenvalue weighted by molar-refractivity contribution is 6.01. The van der Waals surface area contributed by atoms with Crippen molar-refractivity contribution in [3.8, 4) is 5.75 Å². The van der Waals surface area contributed by atoms with Gasteiger partial charge in [-0.25, -0.2) is 0 Å². The number of benzene rings is 1.